The molecule has 0 unspecified atom stereocenters. The lowest BCUT2D eigenvalue weighted by atomic mass is 10.1. The average molecular weight is 259 g/mol. The predicted molar refractivity (Wildman–Crippen MR) is 68.2 cm³/mol. The van der Waals surface area contributed by atoms with Gasteiger partial charge in [0, 0.05) is 0 Å². The van der Waals surface area contributed by atoms with Crippen molar-refractivity contribution in [3.8, 4) is 0 Å². The van der Waals surface area contributed by atoms with Crippen LogP contribution >= 0.6 is 0 Å². The molecule has 0 saturated carbocycles. The Morgan fingerprint density at radius 2 is 2.11 bits per heavy atom. The first kappa shape index (κ1) is 15.2. The van der Waals surface area contributed by atoms with Crippen LogP contribution in [0, 0.1) is 0 Å². The van der Waals surface area contributed by atoms with Crippen LogP contribution in [0.1, 0.15) is 48.0 Å². The largest absolute Gasteiger partial charge is 0.444 e. The zero-order valence-corrected chi connectivity index (χ0v) is 12.2. The van der Waals surface area contributed by atoms with Gasteiger partial charge in [-0.1, -0.05) is 0 Å². The molecule has 1 aliphatic heterocycles. The average Bonchev–Trinajstić information content (AvgIpc) is 2.36. The number of hydrogen-bond donors (Lipinski definition) is 1. The summed E-state index contributed by atoms with van der Waals surface area (Å²) in [6, 6.07) is -0.144. The Kier molecular flexibility index (Phi) is 4.28. The maximum Gasteiger partial charge on any atom is 0.412 e. The van der Waals surface area contributed by atoms with E-state index in [1.165, 1.54) is 0 Å². The van der Waals surface area contributed by atoms with Crippen LogP contribution in [-0.4, -0.2) is 46.2 Å². The zero-order valence-electron chi connectivity index (χ0n) is 12.2. The maximum absolute atomic E-state index is 12.2. The van der Waals surface area contributed by atoms with Crippen LogP contribution < -0.4 is 0 Å². The molecule has 1 saturated heterocycles. The van der Waals surface area contributed by atoms with Gasteiger partial charge in [-0.3, -0.25) is 4.90 Å². The van der Waals surface area contributed by atoms with Crippen molar-refractivity contribution in [1.29, 1.82) is 0 Å². The molecule has 0 radical (unpaired) electrons. The van der Waals surface area contributed by atoms with Gasteiger partial charge >= 0.3 is 6.09 Å². The highest BCUT2D eigenvalue weighted by Gasteiger charge is 2.45. The van der Waals surface area contributed by atoms with Crippen molar-refractivity contribution in [1.82, 2.24) is 4.90 Å². The lowest BCUT2D eigenvalue weighted by Crippen LogP contribution is -2.50. The van der Waals surface area contributed by atoms with Gasteiger partial charge in [0.2, 0.25) is 0 Å². The summed E-state index contributed by atoms with van der Waals surface area (Å²) in [5.74, 6) is 0. The van der Waals surface area contributed by atoms with E-state index in [4.69, 9.17) is 9.47 Å². The summed E-state index contributed by atoms with van der Waals surface area (Å²) >= 11 is 0. The molecule has 1 aliphatic rings. The minimum Gasteiger partial charge on any atom is -0.444 e. The molecule has 106 valence electrons. The highest BCUT2D eigenvalue weighted by Crippen LogP contribution is 2.31. The van der Waals surface area contributed by atoms with Crippen molar-refractivity contribution >= 4 is 6.09 Å². The summed E-state index contributed by atoms with van der Waals surface area (Å²) in [5, 5.41) is 9.48. The molecule has 18 heavy (non-hydrogen) atoms. The monoisotopic (exact) mass is 259 g/mol. The van der Waals surface area contributed by atoms with Gasteiger partial charge in [-0.2, -0.15) is 0 Å². The molecular weight excluding hydrogens is 234 g/mol. The first-order chi connectivity index (χ1) is 8.03. The van der Waals surface area contributed by atoms with Crippen molar-refractivity contribution in [3.63, 3.8) is 0 Å². The number of hydrogen-bond acceptors (Lipinski definition) is 4. The molecule has 0 aromatic heterocycles. The summed E-state index contributed by atoms with van der Waals surface area (Å²) in [4.78, 5) is 13.8. The molecule has 1 rings (SSSR count). The van der Waals surface area contributed by atoms with Gasteiger partial charge in [-0.05, 0) is 48.0 Å². The maximum atomic E-state index is 12.2. The van der Waals surface area contributed by atoms with E-state index in [1.54, 1.807) is 11.8 Å². The first-order valence-corrected chi connectivity index (χ1v) is 6.37. The second kappa shape index (κ2) is 5.05. The molecule has 2 atom stereocenters. The van der Waals surface area contributed by atoms with Gasteiger partial charge in [0.15, 0.2) is 0 Å². The number of nitrogens with zero attached hydrogens (tertiary/aromatic N) is 1. The fourth-order valence-corrected chi connectivity index (χ4v) is 2.13. The molecule has 5 heteroatoms. The highest BCUT2D eigenvalue weighted by atomic mass is 16.6. The number of aliphatic hydroxyl groups excluding tert-OH is 1. The third-order valence-electron chi connectivity index (χ3n) is 2.78. The Morgan fingerprint density at radius 1 is 1.56 bits per heavy atom. The molecule has 0 aromatic carbocycles. The van der Waals surface area contributed by atoms with Crippen LogP contribution in [-0.2, 0) is 9.47 Å². The zero-order chi connectivity index (χ0) is 14.1. The minimum absolute atomic E-state index is 0.144. The van der Waals surface area contributed by atoms with Crippen molar-refractivity contribution in [3.05, 3.63) is 0 Å². The lowest BCUT2D eigenvalue weighted by molar-refractivity contribution is -0.0635. The normalized spacial score (nSPS) is 25.1. The van der Waals surface area contributed by atoms with Gasteiger partial charge in [0.05, 0.1) is 18.8 Å². The molecule has 0 aliphatic carbocycles. The van der Waals surface area contributed by atoms with Gasteiger partial charge < -0.3 is 14.6 Å². The molecule has 1 N–H and O–H groups in total. The van der Waals surface area contributed by atoms with Gasteiger partial charge in [-0.25, -0.2) is 4.79 Å². The third-order valence-corrected chi connectivity index (χ3v) is 2.78. The number of amides is 1. The second-order valence-electron chi connectivity index (χ2n) is 6.35. The van der Waals surface area contributed by atoms with E-state index in [9.17, 15) is 9.90 Å². The second-order valence-corrected chi connectivity index (χ2v) is 6.35. The Hall–Kier alpha value is -0.810. The fraction of sp³-hybridized carbons (Fsp3) is 0.923. The van der Waals surface area contributed by atoms with Crippen LogP contribution in [0.25, 0.3) is 0 Å². The van der Waals surface area contributed by atoms with Crippen molar-refractivity contribution < 1.29 is 19.4 Å². The molecule has 1 amide bonds. The molecular formula is C13H25NO4. The quantitative estimate of drug-likeness (QED) is 0.825. The lowest BCUT2D eigenvalue weighted by Gasteiger charge is -2.35. The molecule has 0 spiro atoms. The standard InChI is InChI=1S/C13H25NO4/c1-9(15)7-10-8-17-13(5,6)14(10)11(16)18-12(2,3)4/h9-10,15H,7-8H2,1-6H3/t9-,10-/m0/s1. The fourth-order valence-electron chi connectivity index (χ4n) is 2.13. The number of aliphatic hydroxyl groups is 1. The first-order valence-electron chi connectivity index (χ1n) is 6.37. The van der Waals surface area contributed by atoms with E-state index in [-0.39, 0.29) is 6.04 Å². The van der Waals surface area contributed by atoms with E-state index in [2.05, 4.69) is 0 Å². The summed E-state index contributed by atoms with van der Waals surface area (Å²) in [7, 11) is 0. The van der Waals surface area contributed by atoms with Crippen molar-refractivity contribution in [2.24, 2.45) is 0 Å². The molecule has 1 heterocycles. The highest BCUT2D eigenvalue weighted by molar-refractivity contribution is 5.69. The molecule has 0 aromatic rings. The Bertz CT molecular complexity index is 307. The Labute approximate surface area is 109 Å². The van der Waals surface area contributed by atoms with E-state index < -0.39 is 23.5 Å². The van der Waals surface area contributed by atoms with Gasteiger partial charge in [0.1, 0.15) is 11.3 Å². The van der Waals surface area contributed by atoms with Crippen LogP contribution in [0.5, 0.6) is 0 Å². The summed E-state index contributed by atoms with van der Waals surface area (Å²) in [6.07, 6.45) is -0.379. The number of carbonyl (C=O) groups excluding carboxylic acids is 1. The van der Waals surface area contributed by atoms with E-state index in [0.29, 0.717) is 13.0 Å². The topological polar surface area (TPSA) is 59.0 Å². The third kappa shape index (κ3) is 3.85. The van der Waals surface area contributed by atoms with Crippen molar-refractivity contribution in [2.45, 2.75) is 71.4 Å². The number of rotatable bonds is 2. The number of carbonyl (C=O) groups is 1. The van der Waals surface area contributed by atoms with Crippen molar-refractivity contribution in [2.75, 3.05) is 6.61 Å². The molecule has 0 bridgehead atoms. The van der Waals surface area contributed by atoms with Crippen LogP contribution in [0.15, 0.2) is 0 Å². The summed E-state index contributed by atoms with van der Waals surface area (Å²) in [6.45, 7) is 11.3. The Morgan fingerprint density at radius 3 is 2.56 bits per heavy atom. The number of ether oxygens (including phenoxy) is 2. The predicted octanol–water partition coefficient (Wildman–Crippen LogP) is 2.13. The van der Waals surface area contributed by atoms with E-state index in [1.807, 2.05) is 34.6 Å². The van der Waals surface area contributed by atoms with Crippen LogP contribution in [0.3, 0.4) is 0 Å². The van der Waals surface area contributed by atoms with E-state index >= 15 is 0 Å². The molecule has 1 fully saturated rings. The summed E-state index contributed by atoms with van der Waals surface area (Å²) in [5.41, 5.74) is -1.23. The SMILES string of the molecule is C[C@H](O)C[C@H]1COC(C)(C)N1C(=O)OC(C)(C)C. The van der Waals surface area contributed by atoms with E-state index in [0.717, 1.165) is 0 Å². The van der Waals surface area contributed by atoms with Gasteiger partial charge in [0.25, 0.3) is 0 Å². The smallest absolute Gasteiger partial charge is 0.412 e. The molecule has 5 nitrogen and oxygen atoms in total. The minimum atomic E-state index is -0.693. The Balaban J connectivity index is 2.82. The van der Waals surface area contributed by atoms with Crippen LogP contribution in [0.2, 0.25) is 0 Å². The van der Waals surface area contributed by atoms with Gasteiger partial charge in [-0.15, -0.1) is 0 Å². The summed E-state index contributed by atoms with van der Waals surface area (Å²) < 4.78 is 11.0. The van der Waals surface area contributed by atoms with Crippen LogP contribution in [0.4, 0.5) is 4.79 Å².